The number of benzene rings is 2. The van der Waals surface area contributed by atoms with E-state index in [-0.39, 0.29) is 23.4 Å². The first-order valence-corrected chi connectivity index (χ1v) is 8.14. The van der Waals surface area contributed by atoms with E-state index in [0.717, 1.165) is 12.1 Å². The van der Waals surface area contributed by atoms with Crippen LogP contribution in [0.1, 0.15) is 29.3 Å². The van der Waals surface area contributed by atoms with Crippen molar-refractivity contribution < 1.29 is 27.5 Å². The van der Waals surface area contributed by atoms with Crippen molar-refractivity contribution in [1.29, 1.82) is 0 Å². The molecule has 0 unspecified atom stereocenters. The van der Waals surface area contributed by atoms with E-state index in [1.165, 1.54) is 26.2 Å². The number of carbonyl (C=O) groups excluding carboxylic acids is 2. The van der Waals surface area contributed by atoms with E-state index in [2.05, 4.69) is 15.8 Å². The van der Waals surface area contributed by atoms with Gasteiger partial charge in [-0.05, 0) is 37.3 Å². The molecule has 0 atom stereocenters. The number of alkyl halides is 3. The molecule has 2 rings (SSSR count). The maximum Gasteiger partial charge on any atom is 0.416 e. The number of hydrogen-bond donors (Lipinski definition) is 2. The predicted molar refractivity (Wildman–Crippen MR) is 98.3 cm³/mol. The van der Waals surface area contributed by atoms with Gasteiger partial charge in [-0.1, -0.05) is 18.2 Å². The fourth-order valence-corrected chi connectivity index (χ4v) is 2.29. The second-order valence-electron chi connectivity index (χ2n) is 5.79. The Kier molecular flexibility index (Phi) is 6.75. The molecule has 0 saturated carbocycles. The highest BCUT2D eigenvalue weighted by Gasteiger charge is 2.30. The fourth-order valence-electron chi connectivity index (χ4n) is 2.29. The van der Waals surface area contributed by atoms with E-state index in [4.69, 9.17) is 4.74 Å². The number of halogens is 3. The summed E-state index contributed by atoms with van der Waals surface area (Å²) in [5.74, 6) is -0.711. The molecule has 0 aliphatic heterocycles. The van der Waals surface area contributed by atoms with E-state index in [0.29, 0.717) is 5.75 Å². The number of carbonyl (C=O) groups is 2. The van der Waals surface area contributed by atoms with Gasteiger partial charge in [0, 0.05) is 11.4 Å². The Hall–Kier alpha value is -3.36. The number of rotatable bonds is 6. The monoisotopic (exact) mass is 393 g/mol. The molecule has 2 aromatic carbocycles. The molecular formula is C19H18F3N3O3. The molecule has 2 N–H and O–H groups in total. The molecule has 148 valence electrons. The zero-order valence-corrected chi connectivity index (χ0v) is 15.1. The summed E-state index contributed by atoms with van der Waals surface area (Å²) >= 11 is 0. The largest absolute Gasteiger partial charge is 0.496 e. The summed E-state index contributed by atoms with van der Waals surface area (Å²) in [7, 11) is 1.43. The van der Waals surface area contributed by atoms with Crippen molar-refractivity contribution >= 4 is 23.2 Å². The summed E-state index contributed by atoms with van der Waals surface area (Å²) < 4.78 is 43.2. The summed E-state index contributed by atoms with van der Waals surface area (Å²) in [4.78, 5) is 24.1. The van der Waals surface area contributed by atoms with Crippen LogP contribution in [-0.4, -0.2) is 24.6 Å². The highest BCUT2D eigenvalue weighted by atomic mass is 19.4. The molecule has 0 aromatic heterocycles. The lowest BCUT2D eigenvalue weighted by molar-refractivity contribution is -0.137. The van der Waals surface area contributed by atoms with Gasteiger partial charge in [0.15, 0.2) is 0 Å². The molecule has 0 fully saturated rings. The first-order valence-electron chi connectivity index (χ1n) is 8.14. The Morgan fingerprint density at radius 2 is 1.82 bits per heavy atom. The van der Waals surface area contributed by atoms with Crippen LogP contribution in [0.2, 0.25) is 0 Å². The van der Waals surface area contributed by atoms with Crippen molar-refractivity contribution in [2.24, 2.45) is 5.10 Å². The molecule has 0 bridgehead atoms. The van der Waals surface area contributed by atoms with Gasteiger partial charge in [0.25, 0.3) is 5.91 Å². The van der Waals surface area contributed by atoms with Gasteiger partial charge in [-0.25, -0.2) is 5.43 Å². The molecule has 28 heavy (non-hydrogen) atoms. The Morgan fingerprint density at radius 1 is 1.11 bits per heavy atom. The van der Waals surface area contributed by atoms with Gasteiger partial charge in [0.05, 0.1) is 24.7 Å². The van der Waals surface area contributed by atoms with Crippen molar-refractivity contribution in [2.75, 3.05) is 12.4 Å². The number of para-hydroxylation sites is 1. The van der Waals surface area contributed by atoms with Crippen LogP contribution >= 0.6 is 0 Å². The maximum absolute atomic E-state index is 12.7. The number of nitrogens with zero attached hydrogens (tertiary/aromatic N) is 1. The number of hydrazone groups is 1. The maximum atomic E-state index is 12.7. The van der Waals surface area contributed by atoms with E-state index < -0.39 is 23.6 Å². The predicted octanol–water partition coefficient (Wildman–Crippen LogP) is 3.85. The fraction of sp³-hybridized carbons (Fsp3) is 0.211. The van der Waals surface area contributed by atoms with Crippen molar-refractivity contribution in [3.05, 3.63) is 59.7 Å². The lowest BCUT2D eigenvalue weighted by Crippen LogP contribution is -2.22. The minimum absolute atomic E-state index is 0.0192. The molecule has 2 aromatic rings. The summed E-state index contributed by atoms with van der Waals surface area (Å²) in [6.45, 7) is 1.51. The average Bonchev–Trinajstić information content (AvgIpc) is 2.65. The summed E-state index contributed by atoms with van der Waals surface area (Å²) in [5, 5.41) is 6.21. The van der Waals surface area contributed by atoms with Crippen molar-refractivity contribution in [3.8, 4) is 5.75 Å². The van der Waals surface area contributed by atoms with Gasteiger partial charge in [-0.15, -0.1) is 0 Å². The lowest BCUT2D eigenvalue weighted by Gasteiger charge is -2.10. The normalized spacial score (nSPS) is 11.7. The minimum atomic E-state index is -4.50. The zero-order chi connectivity index (χ0) is 20.7. The van der Waals surface area contributed by atoms with Gasteiger partial charge in [0.1, 0.15) is 5.75 Å². The minimum Gasteiger partial charge on any atom is -0.496 e. The summed E-state index contributed by atoms with van der Waals surface area (Å²) in [6.07, 6.45) is -4.71. The highest BCUT2D eigenvalue weighted by molar-refractivity contribution is 6.06. The zero-order valence-electron chi connectivity index (χ0n) is 15.1. The Morgan fingerprint density at radius 3 is 2.50 bits per heavy atom. The molecule has 0 aliphatic carbocycles. The highest BCUT2D eigenvalue weighted by Crippen LogP contribution is 2.30. The third-order valence-corrected chi connectivity index (χ3v) is 3.59. The van der Waals surface area contributed by atoms with Crippen LogP contribution in [0, 0.1) is 0 Å². The van der Waals surface area contributed by atoms with Crippen molar-refractivity contribution in [2.45, 2.75) is 19.5 Å². The molecule has 6 nitrogen and oxygen atoms in total. The standard InChI is InChI=1S/C19H18F3N3O3/c1-12(24-25-18(27)15-8-3-4-9-16(15)28-2)10-17(26)23-14-7-5-6-13(11-14)19(20,21)22/h3-9,11H,10H2,1-2H3,(H,23,26)(H,25,27). The van der Waals surface area contributed by atoms with Gasteiger partial charge in [-0.3, -0.25) is 9.59 Å². The first kappa shape index (κ1) is 20.9. The molecule has 2 amide bonds. The Labute approximate surface area is 159 Å². The number of anilines is 1. The van der Waals surface area contributed by atoms with Crippen LogP contribution in [0.4, 0.5) is 18.9 Å². The Balaban J connectivity index is 1.96. The topological polar surface area (TPSA) is 79.8 Å². The third kappa shape index (κ3) is 5.83. The summed E-state index contributed by atoms with van der Waals surface area (Å²) in [5.41, 5.74) is 2.01. The van der Waals surface area contributed by atoms with Crippen LogP contribution in [-0.2, 0) is 11.0 Å². The van der Waals surface area contributed by atoms with E-state index in [1.807, 2.05) is 0 Å². The average molecular weight is 393 g/mol. The quantitative estimate of drug-likeness (QED) is 0.578. The number of ether oxygens (including phenoxy) is 1. The van der Waals surface area contributed by atoms with Gasteiger partial charge >= 0.3 is 6.18 Å². The Bertz CT molecular complexity index is 895. The van der Waals surface area contributed by atoms with Crippen molar-refractivity contribution in [1.82, 2.24) is 5.43 Å². The van der Waals surface area contributed by atoms with E-state index >= 15 is 0 Å². The number of nitrogens with one attached hydrogen (secondary N) is 2. The van der Waals surface area contributed by atoms with Crippen LogP contribution < -0.4 is 15.5 Å². The molecule has 0 heterocycles. The summed E-state index contributed by atoms with van der Waals surface area (Å²) in [6, 6.07) is 10.9. The van der Waals surface area contributed by atoms with Crippen LogP contribution in [0.25, 0.3) is 0 Å². The smallest absolute Gasteiger partial charge is 0.416 e. The molecule has 0 spiro atoms. The van der Waals surface area contributed by atoms with Gasteiger partial charge in [0.2, 0.25) is 5.91 Å². The van der Waals surface area contributed by atoms with Gasteiger partial charge < -0.3 is 10.1 Å². The van der Waals surface area contributed by atoms with Crippen LogP contribution in [0.15, 0.2) is 53.6 Å². The number of methoxy groups -OCH3 is 1. The van der Waals surface area contributed by atoms with Crippen LogP contribution in [0.3, 0.4) is 0 Å². The van der Waals surface area contributed by atoms with E-state index in [9.17, 15) is 22.8 Å². The molecule has 0 aliphatic rings. The molecule has 0 radical (unpaired) electrons. The molecule has 9 heteroatoms. The van der Waals surface area contributed by atoms with Crippen molar-refractivity contribution in [3.63, 3.8) is 0 Å². The van der Waals surface area contributed by atoms with E-state index in [1.54, 1.807) is 24.3 Å². The number of amides is 2. The molecular weight excluding hydrogens is 375 g/mol. The third-order valence-electron chi connectivity index (χ3n) is 3.59. The first-order chi connectivity index (χ1) is 13.2. The van der Waals surface area contributed by atoms with Crippen LogP contribution in [0.5, 0.6) is 5.75 Å². The second kappa shape index (κ2) is 9.03. The number of hydrogen-bond acceptors (Lipinski definition) is 4. The molecule has 0 saturated heterocycles. The second-order valence-corrected chi connectivity index (χ2v) is 5.79. The SMILES string of the molecule is COc1ccccc1C(=O)NN=C(C)CC(=O)Nc1cccc(C(F)(F)F)c1. The lowest BCUT2D eigenvalue weighted by atomic mass is 10.2. The van der Waals surface area contributed by atoms with Gasteiger partial charge in [-0.2, -0.15) is 18.3 Å².